The molecule has 29 heavy (non-hydrogen) atoms. The molecular weight excluding hydrogens is 392 g/mol. The molecule has 2 amide bonds. The van der Waals surface area contributed by atoms with Crippen LogP contribution in [0.3, 0.4) is 0 Å². The molecule has 3 aromatic rings. The number of rotatable bonds is 4. The van der Waals surface area contributed by atoms with Crippen LogP contribution in [-0.2, 0) is 6.54 Å². The molecule has 1 fully saturated rings. The summed E-state index contributed by atoms with van der Waals surface area (Å²) in [5.41, 5.74) is 2.39. The van der Waals surface area contributed by atoms with Crippen molar-refractivity contribution in [2.45, 2.75) is 46.2 Å². The van der Waals surface area contributed by atoms with Crippen LogP contribution >= 0.6 is 11.6 Å². The fourth-order valence-electron chi connectivity index (χ4n) is 3.73. The fourth-order valence-corrected chi connectivity index (χ4v) is 3.86. The van der Waals surface area contributed by atoms with Crippen molar-refractivity contribution in [1.29, 1.82) is 0 Å². The largest absolute Gasteiger partial charge is 0.359 e. The van der Waals surface area contributed by atoms with E-state index < -0.39 is 0 Å². The maximum atomic E-state index is 13.0. The van der Waals surface area contributed by atoms with E-state index >= 15 is 0 Å². The normalized spacial score (nSPS) is 16.4. The summed E-state index contributed by atoms with van der Waals surface area (Å²) in [4.78, 5) is 14.8. The molecule has 1 aliphatic rings. The lowest BCUT2D eigenvalue weighted by atomic mass is 10.2. The van der Waals surface area contributed by atoms with Gasteiger partial charge in [-0.25, -0.2) is 4.79 Å². The smallest absolute Gasteiger partial charge is 0.322 e. The second-order valence-electron chi connectivity index (χ2n) is 7.30. The van der Waals surface area contributed by atoms with Gasteiger partial charge < -0.3 is 19.3 Å². The fraction of sp³-hybridized carbons (Fsp3) is 0.400. The molecule has 4 rings (SSSR count). The van der Waals surface area contributed by atoms with Crippen LogP contribution in [0.4, 0.5) is 10.5 Å². The maximum Gasteiger partial charge on any atom is 0.322 e. The summed E-state index contributed by atoms with van der Waals surface area (Å²) >= 11 is 6.00. The summed E-state index contributed by atoms with van der Waals surface area (Å²) in [5.74, 6) is 2.20. The Hall–Kier alpha value is -2.87. The number of halogens is 1. The van der Waals surface area contributed by atoms with Crippen LogP contribution in [0, 0.1) is 20.8 Å². The van der Waals surface area contributed by atoms with Crippen molar-refractivity contribution in [1.82, 2.24) is 24.8 Å². The Labute approximate surface area is 173 Å². The van der Waals surface area contributed by atoms with Gasteiger partial charge in [-0.1, -0.05) is 28.9 Å². The van der Waals surface area contributed by atoms with E-state index in [4.69, 9.17) is 16.1 Å². The maximum absolute atomic E-state index is 13.0. The lowest BCUT2D eigenvalue weighted by molar-refractivity contribution is 0.203. The Balaban J connectivity index is 1.57. The van der Waals surface area contributed by atoms with Crippen LogP contribution < -0.4 is 5.32 Å². The Morgan fingerprint density at radius 1 is 1.24 bits per heavy atom. The number of hydrogen-bond acceptors (Lipinski definition) is 5. The lowest BCUT2D eigenvalue weighted by Crippen LogP contribution is -2.36. The molecule has 8 nitrogen and oxygen atoms in total. The van der Waals surface area contributed by atoms with Crippen LogP contribution in [0.5, 0.6) is 0 Å². The Bertz CT molecular complexity index is 1010. The molecule has 0 aliphatic carbocycles. The zero-order valence-corrected chi connectivity index (χ0v) is 17.4. The van der Waals surface area contributed by atoms with Crippen molar-refractivity contribution >= 4 is 23.3 Å². The molecule has 1 saturated heterocycles. The summed E-state index contributed by atoms with van der Waals surface area (Å²) in [6.45, 7) is 6.80. The Kier molecular flexibility index (Phi) is 5.27. The molecule has 1 aliphatic heterocycles. The highest BCUT2D eigenvalue weighted by molar-refractivity contribution is 6.30. The average molecular weight is 415 g/mol. The number of carbonyl (C=O) groups is 1. The minimum Gasteiger partial charge on any atom is -0.359 e. The molecular formula is C20H23ClN6O2. The van der Waals surface area contributed by atoms with Gasteiger partial charge in [0.25, 0.3) is 0 Å². The van der Waals surface area contributed by atoms with Gasteiger partial charge in [0, 0.05) is 11.6 Å². The van der Waals surface area contributed by atoms with Gasteiger partial charge in [-0.3, -0.25) is 0 Å². The topological polar surface area (TPSA) is 89.1 Å². The minimum absolute atomic E-state index is 0.135. The summed E-state index contributed by atoms with van der Waals surface area (Å²) in [7, 11) is 0. The summed E-state index contributed by atoms with van der Waals surface area (Å²) in [5, 5.41) is 16.2. The molecule has 152 valence electrons. The van der Waals surface area contributed by atoms with Gasteiger partial charge >= 0.3 is 6.03 Å². The molecule has 9 heteroatoms. The third-order valence-electron chi connectivity index (χ3n) is 5.30. The SMILES string of the molecule is Cc1noc(C)c1NC(=O)N1CCC[C@@H]1c1nnc(C)n1Cc1ccc(Cl)cc1. The highest BCUT2D eigenvalue weighted by Crippen LogP contribution is 2.32. The van der Waals surface area contributed by atoms with E-state index in [0.29, 0.717) is 35.3 Å². The number of aryl methyl sites for hydroxylation is 3. The van der Waals surface area contributed by atoms with E-state index in [0.717, 1.165) is 30.1 Å². The van der Waals surface area contributed by atoms with Crippen LogP contribution in [0.1, 0.15) is 47.5 Å². The Morgan fingerprint density at radius 2 is 2.00 bits per heavy atom. The molecule has 0 radical (unpaired) electrons. The number of benzene rings is 1. The van der Waals surface area contributed by atoms with Gasteiger partial charge in [-0.15, -0.1) is 10.2 Å². The third-order valence-corrected chi connectivity index (χ3v) is 5.55. The van der Waals surface area contributed by atoms with E-state index in [1.807, 2.05) is 36.1 Å². The van der Waals surface area contributed by atoms with Gasteiger partial charge in [0.1, 0.15) is 17.2 Å². The molecule has 1 N–H and O–H groups in total. The third kappa shape index (κ3) is 3.85. The number of aromatic nitrogens is 4. The van der Waals surface area contributed by atoms with Gasteiger partial charge in [-0.2, -0.15) is 0 Å². The highest BCUT2D eigenvalue weighted by Gasteiger charge is 2.34. The minimum atomic E-state index is -0.180. The van der Waals surface area contributed by atoms with E-state index in [9.17, 15) is 4.79 Å². The van der Waals surface area contributed by atoms with Crippen LogP contribution in [0.15, 0.2) is 28.8 Å². The van der Waals surface area contributed by atoms with E-state index in [2.05, 4.69) is 25.2 Å². The van der Waals surface area contributed by atoms with Gasteiger partial charge in [0.2, 0.25) is 0 Å². The molecule has 3 heterocycles. The van der Waals surface area contributed by atoms with Crippen LogP contribution in [-0.4, -0.2) is 37.4 Å². The van der Waals surface area contributed by atoms with E-state index in [-0.39, 0.29) is 12.1 Å². The monoisotopic (exact) mass is 414 g/mol. The molecule has 1 aromatic carbocycles. The number of nitrogens with one attached hydrogen (secondary N) is 1. The van der Waals surface area contributed by atoms with E-state index in [1.165, 1.54) is 0 Å². The van der Waals surface area contributed by atoms with Crippen molar-refractivity contribution in [3.8, 4) is 0 Å². The van der Waals surface area contributed by atoms with Crippen LogP contribution in [0.2, 0.25) is 5.02 Å². The molecule has 0 unspecified atom stereocenters. The number of carbonyl (C=O) groups excluding carboxylic acids is 1. The standard InChI is InChI=1S/C20H23ClN6O2/c1-12-18(13(2)29-25-12)22-20(28)26-10-4-5-17(26)19-24-23-14(3)27(19)11-15-6-8-16(21)9-7-15/h6-9,17H,4-5,10-11H2,1-3H3,(H,22,28)/t17-/m1/s1. The predicted molar refractivity (Wildman–Crippen MR) is 109 cm³/mol. The molecule has 0 spiro atoms. The van der Waals surface area contributed by atoms with Crippen molar-refractivity contribution < 1.29 is 9.32 Å². The van der Waals surface area contributed by atoms with Crippen molar-refractivity contribution in [2.24, 2.45) is 0 Å². The average Bonchev–Trinajstić information content (AvgIpc) is 3.40. The van der Waals surface area contributed by atoms with Crippen molar-refractivity contribution in [3.63, 3.8) is 0 Å². The second-order valence-corrected chi connectivity index (χ2v) is 7.74. The number of hydrogen-bond donors (Lipinski definition) is 1. The first kappa shape index (κ1) is 19.4. The molecule has 2 aromatic heterocycles. The number of nitrogens with zero attached hydrogens (tertiary/aromatic N) is 5. The van der Waals surface area contributed by atoms with E-state index in [1.54, 1.807) is 13.8 Å². The molecule has 0 saturated carbocycles. The van der Waals surface area contributed by atoms with Gasteiger partial charge in [0.15, 0.2) is 11.6 Å². The first-order valence-electron chi connectivity index (χ1n) is 9.58. The first-order valence-corrected chi connectivity index (χ1v) is 9.96. The Morgan fingerprint density at radius 3 is 2.69 bits per heavy atom. The number of urea groups is 1. The number of anilines is 1. The van der Waals surface area contributed by atoms with Crippen LogP contribution in [0.25, 0.3) is 0 Å². The molecule has 1 atom stereocenters. The van der Waals surface area contributed by atoms with Gasteiger partial charge in [-0.05, 0) is 51.3 Å². The highest BCUT2D eigenvalue weighted by atomic mass is 35.5. The lowest BCUT2D eigenvalue weighted by Gasteiger charge is -2.25. The number of likely N-dealkylation sites (tertiary alicyclic amines) is 1. The summed E-state index contributed by atoms with van der Waals surface area (Å²) in [6.07, 6.45) is 1.75. The summed E-state index contributed by atoms with van der Waals surface area (Å²) in [6, 6.07) is 7.40. The van der Waals surface area contributed by atoms with Crippen molar-refractivity contribution in [2.75, 3.05) is 11.9 Å². The predicted octanol–water partition coefficient (Wildman–Crippen LogP) is 4.26. The zero-order chi connectivity index (χ0) is 20.5. The summed E-state index contributed by atoms with van der Waals surface area (Å²) < 4.78 is 7.21. The first-order chi connectivity index (χ1) is 13.9. The second kappa shape index (κ2) is 7.87. The van der Waals surface area contributed by atoms with Crippen molar-refractivity contribution in [3.05, 3.63) is 58.0 Å². The zero-order valence-electron chi connectivity index (χ0n) is 16.6. The number of amides is 2. The molecule has 0 bridgehead atoms. The van der Waals surface area contributed by atoms with Gasteiger partial charge in [0.05, 0.1) is 12.6 Å². The quantitative estimate of drug-likeness (QED) is 0.688.